The lowest BCUT2D eigenvalue weighted by atomic mass is 10.2. The van der Waals surface area contributed by atoms with Crippen LogP contribution >= 0.6 is 0 Å². The molecule has 0 heterocycles. The third-order valence-electron chi connectivity index (χ3n) is 1.38. The van der Waals surface area contributed by atoms with Crippen LogP contribution in [0.25, 0.3) is 0 Å². The van der Waals surface area contributed by atoms with Crippen LogP contribution in [0.3, 0.4) is 0 Å². The van der Waals surface area contributed by atoms with Crippen molar-refractivity contribution in [1.82, 2.24) is 0 Å². The zero-order chi connectivity index (χ0) is 8.10. The van der Waals surface area contributed by atoms with Crippen LogP contribution in [0.2, 0.25) is 0 Å². The largest absolute Gasteiger partial charge is 0.385 e. The maximum Gasteiger partial charge on any atom is 0.233 e. The average molecular weight is 148 g/mol. The van der Waals surface area contributed by atoms with Gasteiger partial charge in [-0.2, -0.15) is 0 Å². The molecule has 1 N–H and O–H groups in total. The zero-order valence-electron chi connectivity index (χ0n) is 6.42. The van der Waals surface area contributed by atoms with Gasteiger partial charge < -0.3 is 5.32 Å². The van der Waals surface area contributed by atoms with Crippen molar-refractivity contribution in [2.45, 2.75) is 6.92 Å². The van der Waals surface area contributed by atoms with Crippen LogP contribution in [0.1, 0.15) is 12.5 Å². The Morgan fingerprint density at radius 2 is 2.00 bits per heavy atom. The van der Waals surface area contributed by atoms with Crippen LogP contribution in [0, 0.1) is 0 Å². The van der Waals surface area contributed by atoms with Crippen LogP contribution in [-0.2, 0) is 4.79 Å². The van der Waals surface area contributed by atoms with E-state index in [1.807, 2.05) is 25.3 Å². The van der Waals surface area contributed by atoms with Crippen LogP contribution in [0.4, 0.5) is 5.69 Å². The zero-order valence-corrected chi connectivity index (χ0v) is 6.42. The maximum absolute atomic E-state index is 10.1. The van der Waals surface area contributed by atoms with Crippen LogP contribution in [0.5, 0.6) is 0 Å². The molecule has 1 rings (SSSR count). The molecule has 2 nitrogen and oxygen atoms in total. The lowest BCUT2D eigenvalue weighted by molar-refractivity contribution is 0.563. The predicted octanol–water partition coefficient (Wildman–Crippen LogP) is 1.58. The number of nitrogens with one attached hydrogen (secondary N) is 1. The monoisotopic (exact) mass is 148 g/mol. The van der Waals surface area contributed by atoms with Crippen molar-refractivity contribution in [2.24, 2.45) is 0 Å². The van der Waals surface area contributed by atoms with E-state index in [9.17, 15) is 4.79 Å². The van der Waals surface area contributed by atoms with E-state index in [-0.39, 0.29) is 0 Å². The number of anilines is 1. The third kappa shape index (κ3) is 2.08. The van der Waals surface area contributed by atoms with E-state index in [2.05, 4.69) is 5.32 Å². The normalized spacial score (nSPS) is 9.18. The molecule has 1 radical (unpaired) electrons. The van der Waals surface area contributed by atoms with Gasteiger partial charge in [0.2, 0.25) is 6.29 Å². The summed E-state index contributed by atoms with van der Waals surface area (Å²) in [5, 5.41) is 3.13. The highest BCUT2D eigenvalue weighted by atomic mass is 16.1. The Morgan fingerprint density at radius 1 is 1.36 bits per heavy atom. The van der Waals surface area contributed by atoms with E-state index in [1.54, 1.807) is 12.1 Å². The van der Waals surface area contributed by atoms with Gasteiger partial charge in [0.25, 0.3) is 0 Å². The summed E-state index contributed by atoms with van der Waals surface area (Å²) in [6, 6.07) is 7.21. The van der Waals surface area contributed by atoms with Gasteiger partial charge in [0.05, 0.1) is 0 Å². The van der Waals surface area contributed by atoms with Crippen molar-refractivity contribution < 1.29 is 4.79 Å². The molecular formula is C9H10NO. The Kier molecular flexibility index (Phi) is 2.66. The van der Waals surface area contributed by atoms with Crippen LogP contribution in [0.15, 0.2) is 24.3 Å². The smallest absolute Gasteiger partial charge is 0.233 e. The number of carbonyl (C=O) groups excluding carboxylic acids is 1. The molecule has 57 valence electrons. The molecule has 0 aromatic heterocycles. The summed E-state index contributed by atoms with van der Waals surface area (Å²) in [7, 11) is 0. The highest BCUT2D eigenvalue weighted by Crippen LogP contribution is 2.06. The minimum absolute atomic E-state index is 0.589. The maximum atomic E-state index is 10.1. The fraction of sp³-hybridized carbons (Fsp3) is 0.222. The van der Waals surface area contributed by atoms with Crippen molar-refractivity contribution in [3.05, 3.63) is 29.8 Å². The van der Waals surface area contributed by atoms with Gasteiger partial charge in [-0.25, -0.2) is 0 Å². The lowest BCUT2D eigenvalue weighted by Crippen LogP contribution is -1.95. The molecule has 0 amide bonds. The molecule has 0 saturated heterocycles. The second kappa shape index (κ2) is 3.76. The molecule has 0 bridgehead atoms. The first-order chi connectivity index (χ1) is 5.36. The van der Waals surface area contributed by atoms with Gasteiger partial charge in [0.15, 0.2) is 0 Å². The molecule has 0 aliphatic carbocycles. The van der Waals surface area contributed by atoms with E-state index in [0.29, 0.717) is 5.56 Å². The summed E-state index contributed by atoms with van der Waals surface area (Å²) < 4.78 is 0. The Labute approximate surface area is 66.2 Å². The second-order valence-electron chi connectivity index (χ2n) is 2.21. The van der Waals surface area contributed by atoms with Crippen molar-refractivity contribution in [3.8, 4) is 0 Å². The summed E-state index contributed by atoms with van der Waals surface area (Å²) in [6.45, 7) is 2.92. The molecular weight excluding hydrogens is 138 g/mol. The fourth-order valence-corrected chi connectivity index (χ4v) is 0.860. The molecule has 0 fully saturated rings. The predicted molar refractivity (Wildman–Crippen MR) is 45.4 cm³/mol. The van der Waals surface area contributed by atoms with Crippen molar-refractivity contribution in [3.63, 3.8) is 0 Å². The molecule has 0 aliphatic heterocycles. The third-order valence-corrected chi connectivity index (χ3v) is 1.38. The Bertz CT molecular complexity index is 228. The standard InChI is InChI=1S/C9H10NO/c1-2-10-9-5-3-8(7-11)4-6-9/h3-6,10H,2H2,1H3. The summed E-state index contributed by atoms with van der Waals surface area (Å²) in [5.74, 6) is 0. The van der Waals surface area contributed by atoms with E-state index >= 15 is 0 Å². The van der Waals surface area contributed by atoms with Gasteiger partial charge in [0.1, 0.15) is 0 Å². The SMILES string of the molecule is CCNc1ccc([C]=O)cc1. The van der Waals surface area contributed by atoms with Crippen molar-refractivity contribution >= 4 is 12.0 Å². The van der Waals surface area contributed by atoms with Gasteiger partial charge in [-0.3, -0.25) is 4.79 Å². The first-order valence-corrected chi connectivity index (χ1v) is 3.59. The fourth-order valence-electron chi connectivity index (χ4n) is 0.860. The highest BCUT2D eigenvalue weighted by molar-refractivity contribution is 5.76. The highest BCUT2D eigenvalue weighted by Gasteiger charge is 1.90. The summed E-state index contributed by atoms with van der Waals surface area (Å²) >= 11 is 0. The van der Waals surface area contributed by atoms with E-state index in [1.165, 1.54) is 0 Å². The summed E-state index contributed by atoms with van der Waals surface area (Å²) in [4.78, 5) is 10.1. The molecule has 2 heteroatoms. The van der Waals surface area contributed by atoms with Gasteiger partial charge in [-0.05, 0) is 31.2 Å². The molecule has 1 aromatic carbocycles. The molecule has 0 aliphatic rings. The molecule has 0 spiro atoms. The number of hydrogen-bond acceptors (Lipinski definition) is 2. The molecule has 11 heavy (non-hydrogen) atoms. The summed E-state index contributed by atoms with van der Waals surface area (Å²) in [5.41, 5.74) is 1.62. The van der Waals surface area contributed by atoms with Crippen LogP contribution in [-0.4, -0.2) is 12.8 Å². The average Bonchev–Trinajstić information content (AvgIpc) is 2.07. The minimum Gasteiger partial charge on any atom is -0.385 e. The van der Waals surface area contributed by atoms with Crippen LogP contribution < -0.4 is 5.32 Å². The van der Waals surface area contributed by atoms with E-state index in [0.717, 1.165) is 12.2 Å². The second-order valence-corrected chi connectivity index (χ2v) is 2.21. The quantitative estimate of drug-likeness (QED) is 0.705. The van der Waals surface area contributed by atoms with E-state index < -0.39 is 0 Å². The molecule has 0 unspecified atom stereocenters. The number of benzene rings is 1. The molecule has 0 saturated carbocycles. The number of hydrogen-bond donors (Lipinski definition) is 1. The van der Waals surface area contributed by atoms with Gasteiger partial charge >= 0.3 is 0 Å². The number of rotatable bonds is 3. The first kappa shape index (κ1) is 7.79. The van der Waals surface area contributed by atoms with Gasteiger partial charge in [-0.1, -0.05) is 0 Å². The molecule has 1 aromatic rings. The summed E-state index contributed by atoms with van der Waals surface area (Å²) in [6.07, 6.45) is 1.82. The lowest BCUT2D eigenvalue weighted by Gasteiger charge is -2.00. The van der Waals surface area contributed by atoms with Crippen molar-refractivity contribution in [1.29, 1.82) is 0 Å². The minimum atomic E-state index is 0.589. The molecule has 0 atom stereocenters. The van der Waals surface area contributed by atoms with Crippen molar-refractivity contribution in [2.75, 3.05) is 11.9 Å². The topological polar surface area (TPSA) is 29.1 Å². The first-order valence-electron chi connectivity index (χ1n) is 3.59. The Balaban J connectivity index is 2.74. The Morgan fingerprint density at radius 3 is 2.45 bits per heavy atom. The van der Waals surface area contributed by atoms with Gasteiger partial charge in [0, 0.05) is 17.8 Å². The van der Waals surface area contributed by atoms with E-state index in [4.69, 9.17) is 0 Å². The van der Waals surface area contributed by atoms with Gasteiger partial charge in [-0.15, -0.1) is 0 Å². The Hall–Kier alpha value is -1.31.